The predicted octanol–water partition coefficient (Wildman–Crippen LogP) is 2.23. The summed E-state index contributed by atoms with van der Waals surface area (Å²) in [7, 11) is 0. The quantitative estimate of drug-likeness (QED) is 0.821. The van der Waals surface area contributed by atoms with E-state index in [1.54, 1.807) is 30.3 Å². The van der Waals surface area contributed by atoms with Gasteiger partial charge in [0.2, 0.25) is 0 Å². The Hall–Kier alpha value is -2.69. The van der Waals surface area contributed by atoms with Gasteiger partial charge in [-0.05, 0) is 30.7 Å². The maximum Gasteiger partial charge on any atom is 0.355 e. The number of carbonyl (C=O) groups excluding carboxylic acids is 1. The number of nitrogen functional groups attached to an aromatic ring is 1. The molecule has 0 spiro atoms. The number of hydrogen-bond acceptors (Lipinski definition) is 4. The van der Waals surface area contributed by atoms with Crippen LogP contribution in [0.25, 0.3) is 11.1 Å². The summed E-state index contributed by atoms with van der Waals surface area (Å²) in [5, 5.41) is 9.14. The van der Waals surface area contributed by atoms with E-state index in [0.717, 1.165) is 0 Å². The predicted molar refractivity (Wildman–Crippen MR) is 71.0 cm³/mol. The number of rotatable bonds is 3. The van der Waals surface area contributed by atoms with Crippen LogP contribution in [0, 0.1) is 0 Å². The summed E-state index contributed by atoms with van der Waals surface area (Å²) in [4.78, 5) is 26.3. The first kappa shape index (κ1) is 12.8. The summed E-state index contributed by atoms with van der Waals surface area (Å²) in [5.41, 5.74) is 6.95. The molecule has 2 rings (SSSR count). The fourth-order valence-corrected chi connectivity index (χ4v) is 1.78. The number of ketones is 1. The van der Waals surface area contributed by atoms with Gasteiger partial charge in [-0.15, -0.1) is 0 Å². The van der Waals surface area contributed by atoms with E-state index in [9.17, 15) is 9.59 Å². The van der Waals surface area contributed by atoms with Gasteiger partial charge < -0.3 is 10.8 Å². The lowest BCUT2D eigenvalue weighted by molar-refractivity contribution is 0.0691. The minimum atomic E-state index is -1.16. The van der Waals surface area contributed by atoms with Crippen LogP contribution in [0.3, 0.4) is 0 Å². The lowest BCUT2D eigenvalue weighted by atomic mass is 10.0. The molecule has 2 aromatic rings. The van der Waals surface area contributed by atoms with E-state index in [4.69, 9.17) is 10.8 Å². The van der Waals surface area contributed by atoms with Gasteiger partial charge in [0.25, 0.3) is 0 Å². The summed E-state index contributed by atoms with van der Waals surface area (Å²) in [6, 6.07) is 9.87. The molecule has 1 aromatic carbocycles. The van der Waals surface area contributed by atoms with Crippen molar-refractivity contribution in [3.05, 3.63) is 47.7 Å². The Morgan fingerprint density at radius 3 is 2.58 bits per heavy atom. The van der Waals surface area contributed by atoms with Gasteiger partial charge in [0.15, 0.2) is 11.5 Å². The topological polar surface area (TPSA) is 93.3 Å². The van der Waals surface area contributed by atoms with Gasteiger partial charge in [-0.1, -0.05) is 18.2 Å². The Morgan fingerprint density at radius 2 is 1.95 bits per heavy atom. The number of hydrogen-bond donors (Lipinski definition) is 2. The number of nitrogens with two attached hydrogens (primary N) is 1. The molecule has 96 valence electrons. The van der Waals surface area contributed by atoms with Crippen molar-refractivity contribution in [2.45, 2.75) is 6.92 Å². The molecule has 3 N–H and O–H groups in total. The highest BCUT2D eigenvalue weighted by atomic mass is 16.4. The summed E-state index contributed by atoms with van der Waals surface area (Å²) >= 11 is 0. The fourth-order valence-electron chi connectivity index (χ4n) is 1.78. The first-order valence-corrected chi connectivity index (χ1v) is 5.60. The fraction of sp³-hybridized carbons (Fsp3) is 0.0714. The van der Waals surface area contributed by atoms with Gasteiger partial charge in [0, 0.05) is 11.1 Å². The number of nitrogens with zero attached hydrogens (tertiary/aromatic N) is 1. The molecule has 1 aromatic heterocycles. The van der Waals surface area contributed by atoms with E-state index in [0.29, 0.717) is 16.7 Å². The van der Waals surface area contributed by atoms with E-state index in [-0.39, 0.29) is 17.3 Å². The number of aromatic carboxylic acids is 1. The van der Waals surface area contributed by atoms with Crippen molar-refractivity contribution in [2.75, 3.05) is 5.73 Å². The third-order valence-corrected chi connectivity index (χ3v) is 2.70. The molecular formula is C14H12N2O3. The van der Waals surface area contributed by atoms with E-state index >= 15 is 0 Å². The highest BCUT2D eigenvalue weighted by Crippen LogP contribution is 2.24. The molecule has 0 aliphatic heterocycles. The number of carboxylic acids is 1. The van der Waals surface area contributed by atoms with E-state index < -0.39 is 5.97 Å². The zero-order valence-corrected chi connectivity index (χ0v) is 10.3. The molecule has 0 aliphatic rings. The third-order valence-electron chi connectivity index (χ3n) is 2.70. The van der Waals surface area contributed by atoms with Gasteiger partial charge in [-0.3, -0.25) is 4.79 Å². The molecular weight excluding hydrogens is 244 g/mol. The average molecular weight is 256 g/mol. The standard InChI is InChI=1S/C14H12N2O3/c1-8(17)9-3-2-4-10(7-9)11-5-6-12(15)16-13(11)14(18)19/h2-7H,1H3,(H2,15,16)(H,18,19). The van der Waals surface area contributed by atoms with Crippen LogP contribution in [0.2, 0.25) is 0 Å². The van der Waals surface area contributed by atoms with Crippen LogP contribution in [0.4, 0.5) is 5.82 Å². The SMILES string of the molecule is CC(=O)c1cccc(-c2ccc(N)nc2C(=O)O)c1. The molecule has 0 unspecified atom stereocenters. The number of anilines is 1. The van der Waals surface area contributed by atoms with Crippen molar-refractivity contribution < 1.29 is 14.7 Å². The number of pyridine rings is 1. The van der Waals surface area contributed by atoms with Gasteiger partial charge in [0.05, 0.1) is 0 Å². The zero-order chi connectivity index (χ0) is 14.0. The maximum absolute atomic E-state index is 11.3. The molecule has 0 amide bonds. The molecule has 1 heterocycles. The summed E-state index contributed by atoms with van der Waals surface area (Å²) in [5.74, 6) is -1.10. The van der Waals surface area contributed by atoms with Crippen LogP contribution in [0.5, 0.6) is 0 Å². The van der Waals surface area contributed by atoms with Crippen LogP contribution >= 0.6 is 0 Å². The monoisotopic (exact) mass is 256 g/mol. The number of aromatic nitrogens is 1. The van der Waals surface area contributed by atoms with Crippen molar-refractivity contribution in [3.8, 4) is 11.1 Å². The first-order chi connectivity index (χ1) is 8.99. The van der Waals surface area contributed by atoms with E-state index in [2.05, 4.69) is 4.98 Å². The second-order valence-electron chi connectivity index (χ2n) is 4.07. The van der Waals surface area contributed by atoms with Crippen LogP contribution in [-0.4, -0.2) is 21.8 Å². The minimum Gasteiger partial charge on any atom is -0.476 e. The van der Waals surface area contributed by atoms with Crippen molar-refractivity contribution >= 4 is 17.6 Å². The molecule has 0 fully saturated rings. The molecule has 0 aliphatic carbocycles. The molecule has 0 saturated heterocycles. The third kappa shape index (κ3) is 2.60. The van der Waals surface area contributed by atoms with Gasteiger partial charge >= 0.3 is 5.97 Å². The Bertz CT molecular complexity index is 665. The molecule has 5 heteroatoms. The summed E-state index contributed by atoms with van der Waals surface area (Å²) in [6.45, 7) is 1.46. The van der Waals surface area contributed by atoms with Crippen LogP contribution < -0.4 is 5.73 Å². The van der Waals surface area contributed by atoms with Gasteiger partial charge in [-0.25, -0.2) is 9.78 Å². The van der Waals surface area contributed by atoms with E-state index in [1.165, 1.54) is 13.0 Å². The Kier molecular flexibility index (Phi) is 3.29. The van der Waals surface area contributed by atoms with E-state index in [1.807, 2.05) is 0 Å². The van der Waals surface area contributed by atoms with Crippen molar-refractivity contribution in [1.29, 1.82) is 0 Å². The molecule has 0 atom stereocenters. The largest absolute Gasteiger partial charge is 0.476 e. The molecule has 0 radical (unpaired) electrons. The van der Waals surface area contributed by atoms with Crippen molar-refractivity contribution in [3.63, 3.8) is 0 Å². The number of carbonyl (C=O) groups is 2. The van der Waals surface area contributed by atoms with Crippen LogP contribution in [-0.2, 0) is 0 Å². The van der Waals surface area contributed by atoms with Gasteiger partial charge in [0.1, 0.15) is 5.82 Å². The zero-order valence-electron chi connectivity index (χ0n) is 10.3. The number of benzene rings is 1. The Morgan fingerprint density at radius 1 is 1.21 bits per heavy atom. The molecule has 5 nitrogen and oxygen atoms in total. The van der Waals surface area contributed by atoms with Gasteiger partial charge in [-0.2, -0.15) is 0 Å². The number of carboxylic acid groups (broad SMARTS) is 1. The number of Topliss-reactive ketones (excluding diaryl/α,β-unsaturated/α-hetero) is 1. The van der Waals surface area contributed by atoms with Crippen molar-refractivity contribution in [1.82, 2.24) is 4.98 Å². The Labute approximate surface area is 109 Å². The lowest BCUT2D eigenvalue weighted by Gasteiger charge is -2.07. The molecule has 0 bridgehead atoms. The second-order valence-corrected chi connectivity index (χ2v) is 4.07. The van der Waals surface area contributed by atoms with Crippen molar-refractivity contribution in [2.24, 2.45) is 0 Å². The smallest absolute Gasteiger partial charge is 0.355 e. The molecule has 19 heavy (non-hydrogen) atoms. The normalized spacial score (nSPS) is 10.2. The average Bonchev–Trinajstić information content (AvgIpc) is 2.38. The summed E-state index contributed by atoms with van der Waals surface area (Å²) in [6.07, 6.45) is 0. The maximum atomic E-state index is 11.3. The van der Waals surface area contributed by atoms with Crippen LogP contribution in [0.1, 0.15) is 27.8 Å². The highest BCUT2D eigenvalue weighted by molar-refractivity contribution is 5.98. The first-order valence-electron chi connectivity index (χ1n) is 5.60. The molecule has 0 saturated carbocycles. The Balaban J connectivity index is 2.61. The van der Waals surface area contributed by atoms with Crippen LogP contribution in [0.15, 0.2) is 36.4 Å². The lowest BCUT2D eigenvalue weighted by Crippen LogP contribution is -2.05. The second kappa shape index (κ2) is 4.89. The highest BCUT2D eigenvalue weighted by Gasteiger charge is 2.14. The minimum absolute atomic E-state index is 0.0814. The summed E-state index contributed by atoms with van der Waals surface area (Å²) < 4.78 is 0.